The van der Waals surface area contributed by atoms with Crippen LogP contribution in [0.15, 0.2) is 114 Å². The van der Waals surface area contributed by atoms with Crippen LogP contribution in [-0.2, 0) is 5.41 Å². The minimum Gasteiger partial charge on any atom is -0.309 e. The average Bonchev–Trinajstić information content (AvgIpc) is 3.59. The Morgan fingerprint density at radius 3 is 2.33 bits per heavy atom. The van der Waals surface area contributed by atoms with Gasteiger partial charge in [-0.25, -0.2) is 0 Å². The van der Waals surface area contributed by atoms with Crippen LogP contribution < -0.4 is 0 Å². The number of thiophene rings is 1. The first kappa shape index (κ1) is 22.9. The van der Waals surface area contributed by atoms with Crippen molar-refractivity contribution in [1.82, 2.24) is 4.57 Å². The average molecular weight is 595 g/mol. The Balaban J connectivity index is 1.52. The predicted octanol–water partition coefficient (Wildman–Crippen LogP) is 11.4. The molecule has 0 fully saturated rings. The van der Waals surface area contributed by atoms with Gasteiger partial charge in [0.2, 0.25) is 0 Å². The van der Waals surface area contributed by atoms with Crippen LogP contribution >= 0.6 is 27.3 Å². The highest BCUT2D eigenvalue weighted by Gasteiger charge is 2.37. The number of benzene rings is 6. The van der Waals surface area contributed by atoms with E-state index in [1.807, 2.05) is 11.3 Å². The minimum absolute atomic E-state index is 0.0324. The number of rotatable bonds is 1. The Morgan fingerprint density at radius 1 is 0.650 bits per heavy atom. The molecule has 0 atom stereocenters. The molecule has 0 saturated heterocycles. The van der Waals surface area contributed by atoms with Crippen molar-refractivity contribution >= 4 is 80.0 Å². The van der Waals surface area contributed by atoms with E-state index in [1.54, 1.807) is 0 Å². The lowest BCUT2D eigenvalue weighted by Crippen LogP contribution is -2.14. The summed E-state index contributed by atoms with van der Waals surface area (Å²) >= 11 is 5.66. The number of fused-ring (bicyclic) bond motifs is 12. The topological polar surface area (TPSA) is 4.93 Å². The molecular formula is C37H24BrNS. The predicted molar refractivity (Wildman–Crippen MR) is 176 cm³/mol. The lowest BCUT2D eigenvalue weighted by Gasteiger charge is -2.21. The molecule has 8 aromatic rings. The van der Waals surface area contributed by atoms with Gasteiger partial charge in [0.25, 0.3) is 0 Å². The Kier molecular flexibility index (Phi) is 4.48. The van der Waals surface area contributed by atoms with Gasteiger partial charge in [0.1, 0.15) is 0 Å². The van der Waals surface area contributed by atoms with Crippen LogP contribution in [0.5, 0.6) is 0 Å². The van der Waals surface area contributed by atoms with E-state index < -0.39 is 0 Å². The smallest absolute Gasteiger partial charge is 0.0561 e. The molecule has 0 amide bonds. The molecule has 2 heterocycles. The zero-order valence-electron chi connectivity index (χ0n) is 22.1. The van der Waals surface area contributed by atoms with E-state index in [1.165, 1.54) is 80.7 Å². The molecule has 0 N–H and O–H groups in total. The van der Waals surface area contributed by atoms with Crippen molar-refractivity contribution in [3.8, 4) is 16.8 Å². The van der Waals surface area contributed by atoms with E-state index in [9.17, 15) is 0 Å². The summed E-state index contributed by atoms with van der Waals surface area (Å²) in [5.41, 5.74) is 9.31. The molecular weight excluding hydrogens is 570 g/mol. The van der Waals surface area contributed by atoms with Gasteiger partial charge in [-0.05, 0) is 69.4 Å². The van der Waals surface area contributed by atoms with Gasteiger partial charge in [-0.15, -0.1) is 11.3 Å². The van der Waals surface area contributed by atoms with E-state index in [4.69, 9.17) is 0 Å². The fraction of sp³-hybridized carbons (Fsp3) is 0.0811. The fourth-order valence-electron chi connectivity index (χ4n) is 7.25. The van der Waals surface area contributed by atoms with Crippen molar-refractivity contribution in [1.29, 1.82) is 0 Å². The molecule has 190 valence electrons. The molecule has 1 nitrogen and oxygen atoms in total. The normalized spacial score (nSPS) is 14.1. The molecule has 0 bridgehead atoms. The molecule has 0 aliphatic heterocycles. The first-order chi connectivity index (χ1) is 19.5. The van der Waals surface area contributed by atoms with Gasteiger partial charge in [0, 0.05) is 40.8 Å². The number of aromatic nitrogens is 1. The molecule has 6 aromatic carbocycles. The lowest BCUT2D eigenvalue weighted by molar-refractivity contribution is 0.661. The number of para-hydroxylation sites is 1. The third kappa shape index (κ3) is 2.82. The van der Waals surface area contributed by atoms with Crippen molar-refractivity contribution in [3.05, 3.63) is 125 Å². The second-order valence-corrected chi connectivity index (χ2v) is 13.4. The summed E-state index contributed by atoms with van der Waals surface area (Å²) in [7, 11) is 0. The number of halogens is 1. The molecule has 2 aromatic heterocycles. The monoisotopic (exact) mass is 593 g/mol. The largest absolute Gasteiger partial charge is 0.309 e. The molecule has 0 saturated carbocycles. The van der Waals surface area contributed by atoms with Gasteiger partial charge in [0.15, 0.2) is 0 Å². The molecule has 0 spiro atoms. The summed E-state index contributed by atoms with van der Waals surface area (Å²) in [4.78, 5) is 0. The Hall–Kier alpha value is -3.92. The van der Waals surface area contributed by atoms with Crippen molar-refractivity contribution in [2.24, 2.45) is 0 Å². The quantitative estimate of drug-likeness (QED) is 0.178. The van der Waals surface area contributed by atoms with Crippen LogP contribution in [0.2, 0.25) is 0 Å². The highest BCUT2D eigenvalue weighted by molar-refractivity contribution is 9.10. The number of hydrogen-bond donors (Lipinski definition) is 0. The SMILES string of the molecule is CC1(C)c2ccccc2-c2c1ccc1c2c2ccccc2n1-c1cc2ccccc2c2sc3ccc(Br)cc3c12. The van der Waals surface area contributed by atoms with Crippen LogP contribution in [-0.4, -0.2) is 4.57 Å². The van der Waals surface area contributed by atoms with E-state index in [2.05, 4.69) is 144 Å². The minimum atomic E-state index is -0.0324. The Morgan fingerprint density at radius 2 is 1.43 bits per heavy atom. The molecule has 0 unspecified atom stereocenters. The van der Waals surface area contributed by atoms with Gasteiger partial charge in [-0.3, -0.25) is 0 Å². The van der Waals surface area contributed by atoms with Crippen molar-refractivity contribution in [2.45, 2.75) is 19.3 Å². The Labute approximate surface area is 244 Å². The molecule has 3 heteroatoms. The lowest BCUT2D eigenvalue weighted by atomic mass is 9.82. The maximum absolute atomic E-state index is 3.76. The van der Waals surface area contributed by atoms with Gasteiger partial charge in [-0.2, -0.15) is 0 Å². The van der Waals surface area contributed by atoms with Crippen molar-refractivity contribution in [3.63, 3.8) is 0 Å². The number of nitrogens with zero attached hydrogens (tertiary/aromatic N) is 1. The molecule has 1 aliphatic carbocycles. The third-order valence-electron chi connectivity index (χ3n) is 9.03. The maximum atomic E-state index is 3.76. The van der Waals surface area contributed by atoms with Gasteiger partial charge >= 0.3 is 0 Å². The summed E-state index contributed by atoms with van der Waals surface area (Å²) in [5, 5.41) is 7.87. The van der Waals surface area contributed by atoms with Crippen LogP contribution in [0.3, 0.4) is 0 Å². The summed E-state index contributed by atoms with van der Waals surface area (Å²) < 4.78 is 6.30. The van der Waals surface area contributed by atoms with Crippen molar-refractivity contribution < 1.29 is 0 Å². The second-order valence-electron chi connectivity index (χ2n) is 11.5. The van der Waals surface area contributed by atoms with Crippen LogP contribution in [0.25, 0.3) is 69.6 Å². The van der Waals surface area contributed by atoms with Gasteiger partial charge < -0.3 is 4.57 Å². The highest BCUT2D eigenvalue weighted by Crippen LogP contribution is 2.53. The van der Waals surface area contributed by atoms with Crippen LogP contribution in [0, 0.1) is 0 Å². The Bertz CT molecular complexity index is 2370. The molecule has 0 radical (unpaired) electrons. The standard InChI is InChI=1S/C37H24BrNS/c1-37(2)27-13-7-5-11-24(27)33-28(37)16-17-30-34(33)25-12-6-8-14-29(25)39(30)31-19-21-9-3-4-10-23(21)36-35(31)26-20-22(38)15-18-32(26)40-36/h3-20H,1-2H3. The maximum Gasteiger partial charge on any atom is 0.0561 e. The summed E-state index contributed by atoms with van der Waals surface area (Å²) in [6.07, 6.45) is 0. The fourth-order valence-corrected chi connectivity index (χ4v) is 8.85. The second kappa shape index (κ2) is 7.84. The van der Waals surface area contributed by atoms with E-state index in [0.717, 1.165) is 4.47 Å². The summed E-state index contributed by atoms with van der Waals surface area (Å²) in [6, 6.07) is 40.6. The van der Waals surface area contributed by atoms with Gasteiger partial charge in [0.05, 0.1) is 16.7 Å². The zero-order chi connectivity index (χ0) is 26.7. The van der Waals surface area contributed by atoms with Crippen LogP contribution in [0.4, 0.5) is 0 Å². The van der Waals surface area contributed by atoms with Crippen molar-refractivity contribution in [2.75, 3.05) is 0 Å². The number of hydrogen-bond acceptors (Lipinski definition) is 1. The summed E-state index contributed by atoms with van der Waals surface area (Å²) in [5.74, 6) is 0. The zero-order valence-corrected chi connectivity index (χ0v) is 24.5. The highest BCUT2D eigenvalue weighted by atomic mass is 79.9. The molecule has 9 rings (SSSR count). The van der Waals surface area contributed by atoms with Crippen LogP contribution in [0.1, 0.15) is 25.0 Å². The first-order valence-electron chi connectivity index (χ1n) is 13.7. The van der Waals surface area contributed by atoms with Gasteiger partial charge in [-0.1, -0.05) is 103 Å². The first-order valence-corrected chi connectivity index (χ1v) is 15.3. The third-order valence-corrected chi connectivity index (χ3v) is 10.7. The van der Waals surface area contributed by atoms with E-state index in [-0.39, 0.29) is 5.41 Å². The molecule has 40 heavy (non-hydrogen) atoms. The van der Waals surface area contributed by atoms with E-state index >= 15 is 0 Å². The van der Waals surface area contributed by atoms with E-state index in [0.29, 0.717) is 0 Å². The summed E-state index contributed by atoms with van der Waals surface area (Å²) in [6.45, 7) is 4.73. The molecule has 1 aliphatic rings.